The smallest absolute Gasteiger partial charge is 0.127 e. The Bertz CT molecular complexity index is 589. The molecular formula is C16H19NO2. The van der Waals surface area contributed by atoms with E-state index in [2.05, 4.69) is 11.4 Å². The zero-order valence-electron chi connectivity index (χ0n) is 11.1. The van der Waals surface area contributed by atoms with Gasteiger partial charge in [0.05, 0.1) is 7.11 Å². The lowest BCUT2D eigenvalue weighted by molar-refractivity contribution is 0.418. The Morgan fingerprint density at radius 1 is 1.21 bits per heavy atom. The average molecular weight is 257 g/mol. The summed E-state index contributed by atoms with van der Waals surface area (Å²) >= 11 is 0. The van der Waals surface area contributed by atoms with Crippen molar-refractivity contribution in [2.24, 2.45) is 0 Å². The molecule has 3 rings (SSSR count). The van der Waals surface area contributed by atoms with Gasteiger partial charge in [-0.15, -0.1) is 0 Å². The van der Waals surface area contributed by atoms with Gasteiger partial charge < -0.3 is 15.2 Å². The molecule has 1 fully saturated rings. The number of aromatic hydroxyl groups is 1. The molecule has 2 N–H and O–H groups in total. The molecule has 1 atom stereocenters. The SMILES string of the molecule is COc1cccc2c(O)c(C3CCCNC3)ccc12. The highest BCUT2D eigenvalue weighted by Gasteiger charge is 2.20. The van der Waals surface area contributed by atoms with Crippen molar-refractivity contribution in [3.05, 3.63) is 35.9 Å². The summed E-state index contributed by atoms with van der Waals surface area (Å²) in [4.78, 5) is 0. The van der Waals surface area contributed by atoms with Gasteiger partial charge in [0.1, 0.15) is 11.5 Å². The molecule has 2 aromatic carbocycles. The van der Waals surface area contributed by atoms with Crippen LogP contribution in [-0.4, -0.2) is 25.3 Å². The van der Waals surface area contributed by atoms with Crippen molar-refractivity contribution in [2.45, 2.75) is 18.8 Å². The molecule has 100 valence electrons. The Balaban J connectivity index is 2.10. The second-order valence-corrected chi connectivity index (χ2v) is 5.10. The third kappa shape index (κ3) is 2.15. The molecule has 0 spiro atoms. The third-order valence-electron chi connectivity index (χ3n) is 3.98. The number of hydrogen-bond acceptors (Lipinski definition) is 3. The number of hydrogen-bond donors (Lipinski definition) is 2. The summed E-state index contributed by atoms with van der Waals surface area (Å²) in [6, 6.07) is 9.88. The molecule has 1 unspecified atom stereocenters. The number of phenolic OH excluding ortho intramolecular Hbond substituents is 1. The summed E-state index contributed by atoms with van der Waals surface area (Å²) in [6.45, 7) is 2.03. The van der Waals surface area contributed by atoms with E-state index in [1.54, 1.807) is 7.11 Å². The van der Waals surface area contributed by atoms with Crippen molar-refractivity contribution in [1.82, 2.24) is 5.32 Å². The van der Waals surface area contributed by atoms with E-state index in [0.717, 1.165) is 41.6 Å². The maximum absolute atomic E-state index is 10.5. The Hall–Kier alpha value is -1.74. The van der Waals surface area contributed by atoms with Gasteiger partial charge in [0.2, 0.25) is 0 Å². The van der Waals surface area contributed by atoms with Crippen molar-refractivity contribution in [3.8, 4) is 11.5 Å². The van der Waals surface area contributed by atoms with Crippen LogP contribution in [0.2, 0.25) is 0 Å². The maximum Gasteiger partial charge on any atom is 0.127 e. The molecule has 0 aromatic heterocycles. The summed E-state index contributed by atoms with van der Waals surface area (Å²) in [7, 11) is 1.66. The van der Waals surface area contributed by atoms with Crippen LogP contribution < -0.4 is 10.1 Å². The topological polar surface area (TPSA) is 41.5 Å². The van der Waals surface area contributed by atoms with Gasteiger partial charge in [0.25, 0.3) is 0 Å². The lowest BCUT2D eigenvalue weighted by atomic mass is 9.89. The predicted molar refractivity (Wildman–Crippen MR) is 77.0 cm³/mol. The van der Waals surface area contributed by atoms with Crippen molar-refractivity contribution >= 4 is 10.8 Å². The fraction of sp³-hybridized carbons (Fsp3) is 0.375. The zero-order chi connectivity index (χ0) is 13.2. The van der Waals surface area contributed by atoms with E-state index < -0.39 is 0 Å². The molecule has 2 aromatic rings. The molecule has 19 heavy (non-hydrogen) atoms. The van der Waals surface area contributed by atoms with Crippen molar-refractivity contribution in [3.63, 3.8) is 0 Å². The highest BCUT2D eigenvalue weighted by atomic mass is 16.5. The number of methoxy groups -OCH3 is 1. The summed E-state index contributed by atoms with van der Waals surface area (Å²) in [5.74, 6) is 1.62. The lowest BCUT2D eigenvalue weighted by Gasteiger charge is -2.24. The van der Waals surface area contributed by atoms with Gasteiger partial charge in [0.15, 0.2) is 0 Å². The third-order valence-corrected chi connectivity index (χ3v) is 3.98. The Morgan fingerprint density at radius 2 is 2.11 bits per heavy atom. The second kappa shape index (κ2) is 5.10. The highest BCUT2D eigenvalue weighted by Crippen LogP contribution is 2.38. The number of piperidine rings is 1. The Labute approximate surface area is 113 Å². The minimum atomic E-state index is 0.407. The van der Waals surface area contributed by atoms with Gasteiger partial charge in [-0.1, -0.05) is 24.3 Å². The first-order chi connectivity index (χ1) is 9.31. The summed E-state index contributed by atoms with van der Waals surface area (Å²) in [5.41, 5.74) is 1.05. The number of fused-ring (bicyclic) bond motifs is 1. The number of rotatable bonds is 2. The summed E-state index contributed by atoms with van der Waals surface area (Å²) < 4.78 is 5.34. The van der Waals surface area contributed by atoms with Gasteiger partial charge in [-0.05, 0) is 31.0 Å². The van der Waals surface area contributed by atoms with Crippen molar-refractivity contribution in [1.29, 1.82) is 0 Å². The molecule has 3 nitrogen and oxygen atoms in total. The minimum Gasteiger partial charge on any atom is -0.507 e. The minimum absolute atomic E-state index is 0.407. The molecule has 0 saturated carbocycles. The number of nitrogens with one attached hydrogen (secondary N) is 1. The fourth-order valence-electron chi connectivity index (χ4n) is 2.95. The zero-order valence-corrected chi connectivity index (χ0v) is 11.1. The van der Waals surface area contributed by atoms with E-state index in [1.807, 2.05) is 24.3 Å². The molecule has 0 bridgehead atoms. The predicted octanol–water partition coefficient (Wildman–Crippen LogP) is 3.02. The van der Waals surface area contributed by atoms with Crippen molar-refractivity contribution in [2.75, 3.05) is 20.2 Å². The first-order valence-electron chi connectivity index (χ1n) is 6.80. The van der Waals surface area contributed by atoms with E-state index in [4.69, 9.17) is 4.74 Å². The first kappa shape index (κ1) is 12.3. The number of ether oxygens (including phenoxy) is 1. The second-order valence-electron chi connectivity index (χ2n) is 5.10. The molecule has 1 heterocycles. The molecule has 0 aliphatic carbocycles. The molecular weight excluding hydrogens is 238 g/mol. The maximum atomic E-state index is 10.5. The summed E-state index contributed by atoms with van der Waals surface area (Å²) in [6.07, 6.45) is 2.30. The van der Waals surface area contributed by atoms with E-state index in [1.165, 1.54) is 6.42 Å². The molecule has 1 saturated heterocycles. The Morgan fingerprint density at radius 3 is 2.84 bits per heavy atom. The molecule has 1 aliphatic rings. The van der Waals surface area contributed by atoms with Crippen LogP contribution in [0.25, 0.3) is 10.8 Å². The molecule has 3 heteroatoms. The number of benzene rings is 2. The van der Waals surface area contributed by atoms with Crippen LogP contribution >= 0.6 is 0 Å². The van der Waals surface area contributed by atoms with Gasteiger partial charge in [-0.25, -0.2) is 0 Å². The summed E-state index contributed by atoms with van der Waals surface area (Å²) in [5, 5.41) is 15.8. The Kier molecular flexibility index (Phi) is 3.30. The van der Waals surface area contributed by atoms with Crippen LogP contribution in [0, 0.1) is 0 Å². The largest absolute Gasteiger partial charge is 0.507 e. The first-order valence-corrected chi connectivity index (χ1v) is 6.80. The van der Waals surface area contributed by atoms with E-state index in [-0.39, 0.29) is 0 Å². The van der Waals surface area contributed by atoms with Crippen molar-refractivity contribution < 1.29 is 9.84 Å². The fourth-order valence-corrected chi connectivity index (χ4v) is 2.95. The van der Waals surface area contributed by atoms with Gasteiger partial charge >= 0.3 is 0 Å². The number of phenols is 1. The lowest BCUT2D eigenvalue weighted by Crippen LogP contribution is -2.28. The molecule has 0 amide bonds. The standard InChI is InChI=1S/C16H19NO2/c1-19-15-6-2-5-14-13(15)8-7-12(16(14)18)11-4-3-9-17-10-11/h2,5-8,11,17-18H,3-4,9-10H2,1H3. The van der Waals surface area contributed by atoms with Gasteiger partial charge in [-0.3, -0.25) is 0 Å². The highest BCUT2D eigenvalue weighted by molar-refractivity contribution is 5.94. The van der Waals surface area contributed by atoms with Gasteiger partial charge in [-0.2, -0.15) is 0 Å². The van der Waals surface area contributed by atoms with Crippen LogP contribution in [0.1, 0.15) is 24.3 Å². The molecule has 1 aliphatic heterocycles. The quantitative estimate of drug-likeness (QED) is 0.869. The van der Waals surface area contributed by atoms with Crippen LogP contribution in [0.3, 0.4) is 0 Å². The van der Waals surface area contributed by atoms with Gasteiger partial charge in [0, 0.05) is 23.2 Å². The molecule has 0 radical (unpaired) electrons. The van der Waals surface area contributed by atoms with Crippen LogP contribution in [0.5, 0.6) is 11.5 Å². The normalized spacial score (nSPS) is 19.5. The van der Waals surface area contributed by atoms with E-state index in [0.29, 0.717) is 11.7 Å². The van der Waals surface area contributed by atoms with E-state index in [9.17, 15) is 5.11 Å². The van der Waals surface area contributed by atoms with Crippen LogP contribution in [0.4, 0.5) is 0 Å². The average Bonchev–Trinajstić information content (AvgIpc) is 2.48. The van der Waals surface area contributed by atoms with Crippen LogP contribution in [-0.2, 0) is 0 Å². The monoisotopic (exact) mass is 257 g/mol. The van der Waals surface area contributed by atoms with Crippen LogP contribution in [0.15, 0.2) is 30.3 Å². The van der Waals surface area contributed by atoms with E-state index >= 15 is 0 Å².